The topological polar surface area (TPSA) is 72.2 Å². The molecule has 0 aliphatic heterocycles. The maximum Gasteiger partial charge on any atom is 0.238 e. The number of hydrogen-bond acceptors (Lipinski definition) is 3. The molecule has 1 atom stereocenters. The van der Waals surface area contributed by atoms with Crippen LogP contribution in [-0.4, -0.2) is 8.42 Å². The van der Waals surface area contributed by atoms with Crippen LogP contribution in [0.2, 0.25) is 0 Å². The highest BCUT2D eigenvalue weighted by atomic mass is 32.2. The smallest absolute Gasteiger partial charge is 0.238 e. The average molecular weight is 304 g/mol. The molecule has 0 aliphatic carbocycles. The van der Waals surface area contributed by atoms with E-state index in [0.717, 1.165) is 11.3 Å². The second-order valence-corrected chi connectivity index (χ2v) is 6.92. The van der Waals surface area contributed by atoms with Gasteiger partial charge in [0.25, 0.3) is 0 Å². The summed E-state index contributed by atoms with van der Waals surface area (Å²) in [5.41, 5.74) is 4.30. The lowest BCUT2D eigenvalue weighted by atomic mass is 10.0. The van der Waals surface area contributed by atoms with Crippen LogP contribution in [0.3, 0.4) is 0 Å². The highest BCUT2D eigenvalue weighted by Crippen LogP contribution is 2.23. The summed E-state index contributed by atoms with van der Waals surface area (Å²) in [5.74, 6) is 0. The fourth-order valence-electron chi connectivity index (χ4n) is 2.36. The molecule has 0 aliphatic rings. The molecule has 112 valence electrons. The number of rotatable bonds is 4. The van der Waals surface area contributed by atoms with E-state index in [0.29, 0.717) is 0 Å². The lowest BCUT2D eigenvalue weighted by Gasteiger charge is -2.17. The first-order chi connectivity index (χ1) is 9.75. The first-order valence-electron chi connectivity index (χ1n) is 6.73. The molecular weight excluding hydrogens is 284 g/mol. The zero-order chi connectivity index (χ0) is 15.6. The molecule has 0 bridgehead atoms. The summed E-state index contributed by atoms with van der Waals surface area (Å²) in [6.45, 7) is 6.16. The molecule has 0 saturated carbocycles. The zero-order valence-electron chi connectivity index (χ0n) is 12.4. The van der Waals surface area contributed by atoms with Gasteiger partial charge in [0.05, 0.1) is 4.90 Å². The molecule has 2 rings (SSSR count). The third-order valence-electron chi connectivity index (χ3n) is 3.29. The summed E-state index contributed by atoms with van der Waals surface area (Å²) in [6.07, 6.45) is 0. The van der Waals surface area contributed by atoms with E-state index in [4.69, 9.17) is 5.14 Å². The van der Waals surface area contributed by atoms with E-state index >= 15 is 0 Å². The molecule has 2 aromatic rings. The zero-order valence-corrected chi connectivity index (χ0v) is 13.2. The summed E-state index contributed by atoms with van der Waals surface area (Å²) in [7, 11) is -3.68. The second kappa shape index (κ2) is 5.87. The van der Waals surface area contributed by atoms with Gasteiger partial charge in [-0.05, 0) is 44.5 Å². The van der Waals surface area contributed by atoms with Gasteiger partial charge in [-0.2, -0.15) is 0 Å². The predicted octanol–water partition coefficient (Wildman–Crippen LogP) is 3.12. The van der Waals surface area contributed by atoms with Crippen LogP contribution in [0.25, 0.3) is 0 Å². The summed E-state index contributed by atoms with van der Waals surface area (Å²) >= 11 is 0. The minimum atomic E-state index is -3.68. The Bertz CT molecular complexity index is 734. The highest BCUT2D eigenvalue weighted by Gasteiger charge is 2.10. The number of sulfonamides is 1. The van der Waals surface area contributed by atoms with E-state index in [2.05, 4.69) is 37.4 Å². The Hall–Kier alpha value is -1.85. The molecule has 4 nitrogen and oxygen atoms in total. The number of hydrogen-bond donors (Lipinski definition) is 2. The molecule has 1 unspecified atom stereocenters. The maximum atomic E-state index is 11.4. The first-order valence-corrected chi connectivity index (χ1v) is 8.28. The normalized spacial score (nSPS) is 13.0. The monoisotopic (exact) mass is 304 g/mol. The van der Waals surface area contributed by atoms with Gasteiger partial charge in [-0.25, -0.2) is 13.6 Å². The predicted molar refractivity (Wildman–Crippen MR) is 85.8 cm³/mol. The van der Waals surface area contributed by atoms with Crippen molar-refractivity contribution in [3.05, 3.63) is 59.2 Å². The van der Waals surface area contributed by atoms with Crippen LogP contribution in [0, 0.1) is 13.8 Å². The summed E-state index contributed by atoms with van der Waals surface area (Å²) < 4.78 is 22.8. The number of nitrogens with one attached hydrogen (secondary N) is 1. The van der Waals surface area contributed by atoms with Gasteiger partial charge < -0.3 is 5.32 Å². The van der Waals surface area contributed by atoms with Gasteiger partial charge in [0, 0.05) is 11.7 Å². The van der Waals surface area contributed by atoms with E-state index < -0.39 is 10.0 Å². The van der Waals surface area contributed by atoms with Gasteiger partial charge in [-0.3, -0.25) is 0 Å². The minimum absolute atomic E-state index is 0.0688. The molecule has 0 fully saturated rings. The minimum Gasteiger partial charge on any atom is -0.378 e. The van der Waals surface area contributed by atoms with Gasteiger partial charge in [0.15, 0.2) is 0 Å². The van der Waals surface area contributed by atoms with Crippen LogP contribution >= 0.6 is 0 Å². The van der Waals surface area contributed by atoms with Crippen molar-refractivity contribution in [2.45, 2.75) is 31.7 Å². The fraction of sp³-hybridized carbons (Fsp3) is 0.250. The quantitative estimate of drug-likeness (QED) is 0.911. The summed E-state index contributed by atoms with van der Waals surface area (Å²) in [5, 5.41) is 8.46. The number of nitrogens with two attached hydrogens (primary N) is 1. The van der Waals surface area contributed by atoms with Crippen molar-refractivity contribution in [2.24, 2.45) is 5.14 Å². The van der Waals surface area contributed by atoms with Crippen molar-refractivity contribution in [3.8, 4) is 0 Å². The first kappa shape index (κ1) is 15.5. The van der Waals surface area contributed by atoms with Crippen molar-refractivity contribution in [1.82, 2.24) is 0 Å². The molecule has 0 amide bonds. The molecule has 0 aromatic heterocycles. The van der Waals surface area contributed by atoms with Crippen LogP contribution < -0.4 is 10.5 Å². The van der Waals surface area contributed by atoms with E-state index in [1.54, 1.807) is 12.1 Å². The van der Waals surface area contributed by atoms with Crippen LogP contribution in [-0.2, 0) is 10.0 Å². The van der Waals surface area contributed by atoms with E-state index in [-0.39, 0.29) is 10.9 Å². The molecule has 2 aromatic carbocycles. The van der Waals surface area contributed by atoms with Gasteiger partial charge in [0.1, 0.15) is 0 Å². The van der Waals surface area contributed by atoms with E-state index in [1.807, 2.05) is 13.0 Å². The number of aryl methyl sites for hydroxylation is 2. The number of benzene rings is 2. The van der Waals surface area contributed by atoms with Gasteiger partial charge in [-0.1, -0.05) is 35.4 Å². The lowest BCUT2D eigenvalue weighted by molar-refractivity contribution is 0.598. The van der Waals surface area contributed by atoms with Crippen molar-refractivity contribution < 1.29 is 8.42 Å². The van der Waals surface area contributed by atoms with Crippen molar-refractivity contribution >= 4 is 15.7 Å². The SMILES string of the molecule is Cc1cc(C)cc(C(C)Nc2cccc(S(N)(=O)=O)c2)c1. The van der Waals surface area contributed by atoms with Crippen LogP contribution in [0.4, 0.5) is 5.69 Å². The maximum absolute atomic E-state index is 11.4. The Morgan fingerprint density at radius 1 is 1.05 bits per heavy atom. The molecule has 0 heterocycles. The van der Waals surface area contributed by atoms with E-state index in [1.165, 1.54) is 17.2 Å². The highest BCUT2D eigenvalue weighted by molar-refractivity contribution is 7.89. The Kier molecular flexibility index (Phi) is 4.34. The van der Waals surface area contributed by atoms with Crippen molar-refractivity contribution in [1.29, 1.82) is 0 Å². The third kappa shape index (κ3) is 4.06. The fourth-order valence-corrected chi connectivity index (χ4v) is 2.92. The molecule has 5 heteroatoms. The second-order valence-electron chi connectivity index (χ2n) is 5.36. The number of primary sulfonamides is 1. The Labute approximate surface area is 126 Å². The lowest BCUT2D eigenvalue weighted by Crippen LogP contribution is -2.13. The molecular formula is C16H20N2O2S. The largest absolute Gasteiger partial charge is 0.378 e. The Balaban J connectivity index is 2.25. The van der Waals surface area contributed by atoms with Crippen LogP contribution in [0.5, 0.6) is 0 Å². The third-order valence-corrected chi connectivity index (χ3v) is 4.20. The Morgan fingerprint density at radius 3 is 2.24 bits per heavy atom. The van der Waals surface area contributed by atoms with Crippen LogP contribution in [0.15, 0.2) is 47.4 Å². The van der Waals surface area contributed by atoms with E-state index in [9.17, 15) is 8.42 Å². The molecule has 0 radical (unpaired) electrons. The number of anilines is 1. The molecule has 0 spiro atoms. The van der Waals surface area contributed by atoms with Gasteiger partial charge in [0.2, 0.25) is 10.0 Å². The standard InChI is InChI=1S/C16H20N2O2S/c1-11-7-12(2)9-14(8-11)13(3)18-15-5-4-6-16(10-15)21(17,19)20/h4-10,13,18H,1-3H3,(H2,17,19,20). The van der Waals surface area contributed by atoms with Crippen LogP contribution in [0.1, 0.15) is 29.7 Å². The van der Waals surface area contributed by atoms with Crippen molar-refractivity contribution in [3.63, 3.8) is 0 Å². The van der Waals surface area contributed by atoms with Gasteiger partial charge >= 0.3 is 0 Å². The summed E-state index contributed by atoms with van der Waals surface area (Å²) in [6, 6.07) is 13.0. The Morgan fingerprint density at radius 2 is 1.67 bits per heavy atom. The average Bonchev–Trinajstić information content (AvgIpc) is 2.37. The van der Waals surface area contributed by atoms with Crippen molar-refractivity contribution in [2.75, 3.05) is 5.32 Å². The summed E-state index contributed by atoms with van der Waals surface area (Å²) in [4.78, 5) is 0.111. The van der Waals surface area contributed by atoms with Gasteiger partial charge in [-0.15, -0.1) is 0 Å². The molecule has 0 saturated heterocycles. The molecule has 21 heavy (non-hydrogen) atoms. The molecule has 3 N–H and O–H groups in total.